The number of fused-ring (bicyclic) bond motifs is 1. The molecule has 3 rings (SSSR count). The summed E-state index contributed by atoms with van der Waals surface area (Å²) >= 11 is 0. The Morgan fingerprint density at radius 1 is 1.09 bits per heavy atom. The van der Waals surface area contributed by atoms with Crippen LogP contribution < -0.4 is 5.32 Å². The summed E-state index contributed by atoms with van der Waals surface area (Å²) in [7, 11) is 3.12. The van der Waals surface area contributed by atoms with Gasteiger partial charge >= 0.3 is 0 Å². The van der Waals surface area contributed by atoms with Gasteiger partial charge in [0.1, 0.15) is 5.69 Å². The van der Waals surface area contributed by atoms with E-state index in [1.807, 2.05) is 30.3 Å². The molecule has 10 nitrogen and oxygen atoms in total. The predicted octanol–water partition coefficient (Wildman–Crippen LogP) is 1.17. The lowest BCUT2D eigenvalue weighted by Gasteiger charge is -2.21. The molecule has 0 atom stereocenters. The highest BCUT2D eigenvalue weighted by Gasteiger charge is 2.28. The molecule has 2 heterocycles. The molecule has 0 saturated heterocycles. The Bertz CT molecular complexity index is 962. The first-order valence-electron chi connectivity index (χ1n) is 11.5. The van der Waals surface area contributed by atoms with E-state index in [1.54, 1.807) is 29.9 Å². The minimum Gasteiger partial charge on any atom is -0.383 e. The first-order valence-corrected chi connectivity index (χ1v) is 11.5. The van der Waals surface area contributed by atoms with Crippen LogP contribution in [-0.2, 0) is 27.4 Å². The fourth-order valence-corrected chi connectivity index (χ4v) is 3.79. The Morgan fingerprint density at radius 2 is 1.85 bits per heavy atom. The Kier molecular flexibility index (Phi) is 9.60. The number of rotatable bonds is 12. The van der Waals surface area contributed by atoms with Crippen LogP contribution in [0.5, 0.6) is 0 Å². The van der Waals surface area contributed by atoms with Crippen LogP contribution in [0.1, 0.15) is 39.4 Å². The molecule has 1 aromatic carbocycles. The Morgan fingerprint density at radius 3 is 2.59 bits per heavy atom. The van der Waals surface area contributed by atoms with Gasteiger partial charge < -0.3 is 24.6 Å². The molecule has 0 radical (unpaired) electrons. The van der Waals surface area contributed by atoms with Crippen molar-refractivity contribution < 1.29 is 23.9 Å². The molecule has 0 aliphatic carbocycles. The summed E-state index contributed by atoms with van der Waals surface area (Å²) in [6.07, 6.45) is 0.895. The largest absolute Gasteiger partial charge is 0.383 e. The molecule has 0 spiro atoms. The quantitative estimate of drug-likeness (QED) is 0.466. The molecule has 3 amide bonds. The number of amides is 3. The number of carbonyl (C=O) groups is 3. The van der Waals surface area contributed by atoms with Crippen LogP contribution in [0.2, 0.25) is 0 Å². The molecule has 34 heavy (non-hydrogen) atoms. The number of hydrogen-bond acceptors (Lipinski definition) is 6. The normalized spacial score (nSPS) is 13.4. The summed E-state index contributed by atoms with van der Waals surface area (Å²) in [5, 5.41) is 7.19. The fourth-order valence-electron chi connectivity index (χ4n) is 3.79. The topological polar surface area (TPSA) is 106 Å². The smallest absolute Gasteiger partial charge is 0.274 e. The SMILES string of the molecule is COCCNC(=O)CCN(CCOC)C(=O)c1cc2n(n1)CCCN(Cc1ccccc1)C2=O. The predicted molar refractivity (Wildman–Crippen MR) is 125 cm³/mol. The molecule has 0 bridgehead atoms. The van der Waals surface area contributed by atoms with Gasteiger partial charge in [-0.25, -0.2) is 0 Å². The van der Waals surface area contributed by atoms with Crippen LogP contribution in [0.3, 0.4) is 0 Å². The van der Waals surface area contributed by atoms with Gasteiger partial charge in [0, 0.05) is 66.0 Å². The van der Waals surface area contributed by atoms with Gasteiger partial charge in [-0.05, 0) is 12.0 Å². The highest BCUT2D eigenvalue weighted by Crippen LogP contribution is 2.17. The van der Waals surface area contributed by atoms with Gasteiger partial charge in [-0.2, -0.15) is 5.10 Å². The molecule has 1 aliphatic rings. The van der Waals surface area contributed by atoms with Crippen molar-refractivity contribution in [3.8, 4) is 0 Å². The van der Waals surface area contributed by atoms with Gasteiger partial charge in [-0.1, -0.05) is 30.3 Å². The van der Waals surface area contributed by atoms with Crippen molar-refractivity contribution in [2.75, 3.05) is 53.6 Å². The zero-order valence-corrected chi connectivity index (χ0v) is 19.9. The van der Waals surface area contributed by atoms with Gasteiger partial charge in [0.25, 0.3) is 11.8 Å². The molecule has 184 valence electrons. The molecule has 0 saturated carbocycles. The lowest BCUT2D eigenvalue weighted by atomic mass is 10.2. The number of nitrogens with zero attached hydrogens (tertiary/aromatic N) is 4. The second-order valence-electron chi connectivity index (χ2n) is 8.08. The van der Waals surface area contributed by atoms with Gasteiger partial charge in [-0.15, -0.1) is 0 Å². The van der Waals surface area contributed by atoms with E-state index >= 15 is 0 Å². The Hall–Kier alpha value is -3.24. The third kappa shape index (κ3) is 6.88. The minimum absolute atomic E-state index is 0.145. The second kappa shape index (κ2) is 12.9. The zero-order chi connectivity index (χ0) is 24.3. The monoisotopic (exact) mass is 471 g/mol. The zero-order valence-electron chi connectivity index (χ0n) is 19.9. The maximum Gasteiger partial charge on any atom is 0.274 e. The van der Waals surface area contributed by atoms with Crippen molar-refractivity contribution in [2.45, 2.75) is 25.9 Å². The molecule has 10 heteroatoms. The van der Waals surface area contributed by atoms with Gasteiger partial charge in [0.05, 0.1) is 13.2 Å². The summed E-state index contributed by atoms with van der Waals surface area (Å²) in [6.45, 7) is 3.39. The number of aryl methyl sites for hydroxylation is 1. The van der Waals surface area contributed by atoms with E-state index in [1.165, 1.54) is 4.90 Å². The fraction of sp³-hybridized carbons (Fsp3) is 0.500. The third-order valence-corrected chi connectivity index (χ3v) is 5.61. The maximum atomic E-state index is 13.2. The van der Waals surface area contributed by atoms with Gasteiger partial charge in [-0.3, -0.25) is 19.1 Å². The molecule has 2 aromatic rings. The standard InChI is InChI=1S/C24H33N5O5/c1-33-15-10-25-22(30)9-13-27(14-16-34-2)23(31)20-17-21-24(32)28(11-6-12-29(21)26-20)18-19-7-4-3-5-8-19/h3-5,7-8,17H,6,9-16,18H2,1-2H3,(H,25,30). The summed E-state index contributed by atoms with van der Waals surface area (Å²) < 4.78 is 11.7. The first-order chi connectivity index (χ1) is 16.5. The van der Waals surface area contributed by atoms with Crippen LogP contribution in [0.15, 0.2) is 36.4 Å². The lowest BCUT2D eigenvalue weighted by Crippen LogP contribution is -2.38. The average Bonchev–Trinajstić information content (AvgIpc) is 3.22. The summed E-state index contributed by atoms with van der Waals surface area (Å²) in [5.74, 6) is -0.641. The first kappa shape index (κ1) is 25.4. The van der Waals surface area contributed by atoms with Crippen molar-refractivity contribution in [1.82, 2.24) is 24.9 Å². The molecule has 1 aromatic heterocycles. The van der Waals surface area contributed by atoms with E-state index in [9.17, 15) is 14.4 Å². The summed E-state index contributed by atoms with van der Waals surface area (Å²) in [6, 6.07) is 11.4. The number of carbonyl (C=O) groups excluding carboxylic acids is 3. The molecular weight excluding hydrogens is 438 g/mol. The number of hydrogen-bond donors (Lipinski definition) is 1. The van der Waals surface area contributed by atoms with Gasteiger partial charge in [0.2, 0.25) is 5.91 Å². The summed E-state index contributed by atoms with van der Waals surface area (Å²) in [4.78, 5) is 41.8. The number of ether oxygens (including phenoxy) is 2. The molecule has 1 aliphatic heterocycles. The highest BCUT2D eigenvalue weighted by molar-refractivity contribution is 5.98. The molecular formula is C24H33N5O5. The van der Waals surface area contributed by atoms with E-state index in [4.69, 9.17) is 9.47 Å². The number of benzene rings is 1. The number of aromatic nitrogens is 2. The van der Waals surface area contributed by atoms with E-state index in [0.717, 1.165) is 12.0 Å². The van der Waals surface area contributed by atoms with Crippen LogP contribution in [0, 0.1) is 0 Å². The van der Waals surface area contributed by atoms with Crippen LogP contribution in [0.4, 0.5) is 0 Å². The van der Waals surface area contributed by atoms with Crippen molar-refractivity contribution in [1.29, 1.82) is 0 Å². The van der Waals surface area contributed by atoms with Crippen LogP contribution in [-0.4, -0.2) is 90.9 Å². The summed E-state index contributed by atoms with van der Waals surface area (Å²) in [5.41, 5.74) is 1.65. The average molecular weight is 472 g/mol. The van der Waals surface area contributed by atoms with E-state index in [0.29, 0.717) is 51.6 Å². The Balaban J connectivity index is 1.70. The van der Waals surface area contributed by atoms with Crippen LogP contribution >= 0.6 is 0 Å². The van der Waals surface area contributed by atoms with E-state index < -0.39 is 0 Å². The maximum absolute atomic E-state index is 13.2. The minimum atomic E-state index is -0.329. The number of nitrogens with one attached hydrogen (secondary N) is 1. The number of methoxy groups -OCH3 is 2. The second-order valence-corrected chi connectivity index (χ2v) is 8.08. The van der Waals surface area contributed by atoms with Crippen molar-refractivity contribution in [2.24, 2.45) is 0 Å². The van der Waals surface area contributed by atoms with Crippen LogP contribution in [0.25, 0.3) is 0 Å². The molecule has 0 fully saturated rings. The molecule has 1 N–H and O–H groups in total. The third-order valence-electron chi connectivity index (χ3n) is 5.61. The molecule has 0 unspecified atom stereocenters. The highest BCUT2D eigenvalue weighted by atomic mass is 16.5. The van der Waals surface area contributed by atoms with E-state index in [-0.39, 0.29) is 36.4 Å². The van der Waals surface area contributed by atoms with E-state index in [2.05, 4.69) is 10.4 Å². The van der Waals surface area contributed by atoms with Crippen molar-refractivity contribution in [3.63, 3.8) is 0 Å². The lowest BCUT2D eigenvalue weighted by molar-refractivity contribution is -0.121. The van der Waals surface area contributed by atoms with Crippen molar-refractivity contribution in [3.05, 3.63) is 53.3 Å². The Labute approximate surface area is 199 Å². The van der Waals surface area contributed by atoms with Gasteiger partial charge in [0.15, 0.2) is 5.69 Å². The van der Waals surface area contributed by atoms with Crippen molar-refractivity contribution >= 4 is 17.7 Å².